The van der Waals surface area contributed by atoms with Gasteiger partial charge >= 0.3 is 0 Å². The third kappa shape index (κ3) is 1.60. The monoisotopic (exact) mass is 192 g/mol. The predicted molar refractivity (Wildman–Crippen MR) is 56.5 cm³/mol. The maximum absolute atomic E-state index is 11.8. The molecule has 1 aromatic heterocycles. The summed E-state index contributed by atoms with van der Waals surface area (Å²) in [6.45, 7) is 4.92. The second-order valence-electron chi connectivity index (χ2n) is 4.00. The van der Waals surface area contributed by atoms with E-state index in [1.165, 1.54) is 0 Å². The van der Waals surface area contributed by atoms with Crippen molar-refractivity contribution < 1.29 is 0 Å². The Kier molecular flexibility index (Phi) is 2.42. The molecule has 1 aliphatic heterocycles. The Labute approximate surface area is 83.5 Å². The Bertz CT molecular complexity index is 389. The lowest BCUT2D eigenvalue weighted by Crippen LogP contribution is -2.23. The first-order valence-electron chi connectivity index (χ1n) is 5.12. The maximum Gasteiger partial charge on any atom is 0.186 e. The largest absolute Gasteiger partial charge is 0.362 e. The van der Waals surface area contributed by atoms with Gasteiger partial charge in [-0.25, -0.2) is 0 Å². The molecule has 3 nitrogen and oxygen atoms in total. The van der Waals surface area contributed by atoms with Crippen LogP contribution in [0.5, 0.6) is 0 Å². The molecule has 2 N–H and O–H groups in total. The molecular formula is C11H16N2O. The molecule has 0 radical (unpaired) electrons. The molecule has 2 rings (SSSR count). The number of aromatic nitrogens is 1. The van der Waals surface area contributed by atoms with Crippen molar-refractivity contribution in [2.45, 2.75) is 32.7 Å². The molecule has 0 bridgehead atoms. The van der Waals surface area contributed by atoms with Gasteiger partial charge < -0.3 is 10.3 Å². The molecule has 1 fully saturated rings. The highest BCUT2D eigenvalue weighted by atomic mass is 16.1. The summed E-state index contributed by atoms with van der Waals surface area (Å²) in [5.74, 6) is 0. The van der Waals surface area contributed by atoms with E-state index in [1.54, 1.807) is 6.07 Å². The van der Waals surface area contributed by atoms with E-state index >= 15 is 0 Å². The number of rotatable bonds is 1. The van der Waals surface area contributed by atoms with E-state index < -0.39 is 0 Å². The first-order valence-corrected chi connectivity index (χ1v) is 5.12. The van der Waals surface area contributed by atoms with E-state index in [1.807, 2.05) is 13.8 Å². The molecule has 0 aromatic carbocycles. The minimum Gasteiger partial charge on any atom is -0.362 e. The van der Waals surface area contributed by atoms with Crippen molar-refractivity contribution in [3.8, 4) is 0 Å². The van der Waals surface area contributed by atoms with Crippen LogP contribution >= 0.6 is 0 Å². The van der Waals surface area contributed by atoms with Gasteiger partial charge in [-0.2, -0.15) is 0 Å². The van der Waals surface area contributed by atoms with Gasteiger partial charge in [-0.15, -0.1) is 0 Å². The minimum absolute atomic E-state index is 0.165. The minimum atomic E-state index is 0.165. The molecule has 3 heteroatoms. The van der Waals surface area contributed by atoms with Gasteiger partial charge in [-0.05, 0) is 33.2 Å². The summed E-state index contributed by atoms with van der Waals surface area (Å²) in [7, 11) is 0. The van der Waals surface area contributed by atoms with Gasteiger partial charge in [0, 0.05) is 29.1 Å². The molecule has 0 unspecified atom stereocenters. The lowest BCUT2D eigenvalue weighted by Gasteiger charge is -2.13. The molecular weight excluding hydrogens is 176 g/mol. The Morgan fingerprint density at radius 2 is 2.21 bits per heavy atom. The Balaban J connectivity index is 2.46. The second-order valence-corrected chi connectivity index (χ2v) is 4.00. The van der Waals surface area contributed by atoms with Gasteiger partial charge in [0.15, 0.2) is 5.43 Å². The number of aryl methyl sites for hydroxylation is 2. The van der Waals surface area contributed by atoms with E-state index in [9.17, 15) is 4.79 Å². The fourth-order valence-corrected chi connectivity index (χ4v) is 2.22. The quantitative estimate of drug-likeness (QED) is 0.706. The van der Waals surface area contributed by atoms with Crippen molar-refractivity contribution in [2.24, 2.45) is 0 Å². The van der Waals surface area contributed by atoms with Crippen molar-refractivity contribution in [2.75, 3.05) is 6.54 Å². The summed E-state index contributed by atoms with van der Waals surface area (Å²) < 4.78 is 0. The Morgan fingerprint density at radius 1 is 1.43 bits per heavy atom. The van der Waals surface area contributed by atoms with Crippen LogP contribution in [-0.4, -0.2) is 11.5 Å². The van der Waals surface area contributed by atoms with Gasteiger partial charge in [0.05, 0.1) is 0 Å². The number of pyridine rings is 1. The molecule has 2 heterocycles. The maximum atomic E-state index is 11.8. The van der Waals surface area contributed by atoms with Gasteiger partial charge in [-0.1, -0.05) is 0 Å². The zero-order valence-corrected chi connectivity index (χ0v) is 8.68. The highest BCUT2D eigenvalue weighted by Gasteiger charge is 2.20. The first-order chi connectivity index (χ1) is 6.68. The van der Waals surface area contributed by atoms with Crippen molar-refractivity contribution in [3.05, 3.63) is 33.2 Å². The molecule has 0 spiro atoms. The zero-order chi connectivity index (χ0) is 10.1. The van der Waals surface area contributed by atoms with Crippen LogP contribution < -0.4 is 10.7 Å². The Hall–Kier alpha value is -1.09. The van der Waals surface area contributed by atoms with Gasteiger partial charge in [-0.3, -0.25) is 4.79 Å². The van der Waals surface area contributed by atoms with E-state index in [-0.39, 0.29) is 11.5 Å². The topological polar surface area (TPSA) is 44.9 Å². The number of H-pyrrole nitrogens is 1. The van der Waals surface area contributed by atoms with Crippen molar-refractivity contribution in [3.63, 3.8) is 0 Å². The van der Waals surface area contributed by atoms with Crippen LogP contribution in [0.2, 0.25) is 0 Å². The van der Waals surface area contributed by atoms with Crippen LogP contribution in [0.4, 0.5) is 0 Å². The average Bonchev–Trinajstić information content (AvgIpc) is 2.54. The molecule has 1 atom stereocenters. The predicted octanol–water partition coefficient (Wildman–Crippen LogP) is 1.42. The van der Waals surface area contributed by atoms with E-state index in [0.29, 0.717) is 0 Å². The fourth-order valence-electron chi connectivity index (χ4n) is 2.22. The van der Waals surface area contributed by atoms with Gasteiger partial charge in [0.25, 0.3) is 0 Å². The lowest BCUT2D eigenvalue weighted by molar-refractivity contribution is 0.634. The van der Waals surface area contributed by atoms with Crippen LogP contribution in [0.25, 0.3) is 0 Å². The molecule has 14 heavy (non-hydrogen) atoms. The van der Waals surface area contributed by atoms with Crippen molar-refractivity contribution in [1.29, 1.82) is 0 Å². The van der Waals surface area contributed by atoms with Crippen molar-refractivity contribution >= 4 is 0 Å². The standard InChI is InChI=1S/C11H16N2O/c1-7-6-10(14)11(8(2)13-7)9-4-3-5-12-9/h6,9,12H,3-5H2,1-2H3,(H,13,14)/t9-/m0/s1. The molecule has 1 saturated heterocycles. The summed E-state index contributed by atoms with van der Waals surface area (Å²) in [6, 6.07) is 1.95. The highest BCUT2D eigenvalue weighted by Crippen LogP contribution is 2.21. The molecule has 0 amide bonds. The summed E-state index contributed by atoms with van der Waals surface area (Å²) in [5, 5.41) is 3.35. The second kappa shape index (κ2) is 3.58. The first kappa shape index (κ1) is 9.46. The molecule has 1 aliphatic rings. The average molecular weight is 192 g/mol. The fraction of sp³-hybridized carbons (Fsp3) is 0.545. The molecule has 0 aliphatic carbocycles. The van der Waals surface area contributed by atoms with Crippen LogP contribution in [0.15, 0.2) is 10.9 Å². The molecule has 0 saturated carbocycles. The smallest absolute Gasteiger partial charge is 0.186 e. The van der Waals surface area contributed by atoms with E-state index in [4.69, 9.17) is 0 Å². The zero-order valence-electron chi connectivity index (χ0n) is 8.68. The highest BCUT2D eigenvalue weighted by molar-refractivity contribution is 5.26. The SMILES string of the molecule is Cc1cc(=O)c([C@@H]2CCCN2)c(C)[nH]1. The van der Waals surface area contributed by atoms with Crippen molar-refractivity contribution in [1.82, 2.24) is 10.3 Å². The van der Waals surface area contributed by atoms with Gasteiger partial charge in [0.2, 0.25) is 0 Å². The summed E-state index contributed by atoms with van der Waals surface area (Å²) in [4.78, 5) is 15.0. The summed E-state index contributed by atoms with van der Waals surface area (Å²) in [6.07, 6.45) is 2.24. The number of hydrogen-bond donors (Lipinski definition) is 2. The van der Waals surface area contributed by atoms with E-state index in [0.717, 1.165) is 36.3 Å². The van der Waals surface area contributed by atoms with Crippen LogP contribution in [0, 0.1) is 13.8 Å². The molecule has 76 valence electrons. The normalized spacial score (nSPS) is 21.4. The third-order valence-electron chi connectivity index (χ3n) is 2.81. The van der Waals surface area contributed by atoms with Crippen LogP contribution in [0.3, 0.4) is 0 Å². The number of aromatic amines is 1. The number of hydrogen-bond acceptors (Lipinski definition) is 2. The lowest BCUT2D eigenvalue weighted by atomic mass is 10.0. The third-order valence-corrected chi connectivity index (χ3v) is 2.81. The van der Waals surface area contributed by atoms with Gasteiger partial charge in [0.1, 0.15) is 0 Å². The summed E-state index contributed by atoms with van der Waals surface area (Å²) >= 11 is 0. The number of nitrogens with one attached hydrogen (secondary N) is 2. The van der Waals surface area contributed by atoms with E-state index in [2.05, 4.69) is 10.3 Å². The molecule has 1 aromatic rings. The van der Waals surface area contributed by atoms with Crippen LogP contribution in [0.1, 0.15) is 35.8 Å². The van der Waals surface area contributed by atoms with Crippen LogP contribution in [-0.2, 0) is 0 Å². The summed E-state index contributed by atoms with van der Waals surface area (Å²) in [5.41, 5.74) is 3.04. The Morgan fingerprint density at radius 3 is 2.79 bits per heavy atom.